The number of carbonyl (C=O) groups excluding carboxylic acids is 1. The largest absolute Gasteiger partial charge is 0.480 e. The Kier molecular flexibility index (Phi) is 9.30. The maximum Gasteiger partial charge on any atom is 0.326 e. The first kappa shape index (κ1) is 27.1. The zero-order valence-electron chi connectivity index (χ0n) is 20.6. The van der Waals surface area contributed by atoms with E-state index in [1.165, 1.54) is 0 Å². The van der Waals surface area contributed by atoms with Crippen LogP contribution in [0.15, 0.2) is 121 Å². The number of hydrogen-bond acceptors (Lipinski definition) is 4. The molecule has 0 aliphatic heterocycles. The Hall–Kier alpha value is -3.94. The molecule has 4 aromatic rings. The van der Waals surface area contributed by atoms with Crippen LogP contribution in [-0.4, -0.2) is 33.9 Å². The average molecular weight is 541 g/mol. The fraction of sp³-hybridized carbons (Fsp3) is 0.129. The summed E-state index contributed by atoms with van der Waals surface area (Å²) in [6.07, 6.45) is 0.287. The summed E-state index contributed by atoms with van der Waals surface area (Å²) in [5.74, 6) is -0.915. The predicted molar refractivity (Wildman–Crippen MR) is 157 cm³/mol. The van der Waals surface area contributed by atoms with E-state index in [1.54, 1.807) is 36.0 Å². The lowest BCUT2D eigenvalue weighted by atomic mass is 9.84. The first-order valence-electron chi connectivity index (χ1n) is 12.2. The molecule has 4 rings (SSSR count). The first-order valence-corrected chi connectivity index (χ1v) is 13.6. The molecule has 1 amide bonds. The van der Waals surface area contributed by atoms with E-state index in [0.29, 0.717) is 11.3 Å². The molecule has 0 radical (unpaired) electrons. The fourth-order valence-electron chi connectivity index (χ4n) is 4.31. The van der Waals surface area contributed by atoms with Crippen LogP contribution in [-0.2, 0) is 9.54 Å². The van der Waals surface area contributed by atoms with E-state index in [2.05, 4.69) is 47.0 Å². The molecule has 5 nitrogen and oxygen atoms in total. The molecule has 0 fully saturated rings. The van der Waals surface area contributed by atoms with Gasteiger partial charge in [0.05, 0.1) is 4.75 Å². The molecule has 0 aliphatic carbocycles. The fourth-order valence-corrected chi connectivity index (χ4v) is 6.12. The lowest BCUT2D eigenvalue weighted by Crippen LogP contribution is -2.48. The number of aliphatic carboxylic acids is 1. The molecule has 1 atom stereocenters. The summed E-state index contributed by atoms with van der Waals surface area (Å²) in [6.45, 7) is 0. The average Bonchev–Trinajstić information content (AvgIpc) is 2.96. The lowest BCUT2D eigenvalue weighted by Gasteiger charge is -2.36. The second kappa shape index (κ2) is 13.0. The normalized spacial score (nSPS) is 11.8. The quantitative estimate of drug-likeness (QED) is 0.173. The molecule has 0 aromatic heterocycles. The van der Waals surface area contributed by atoms with Gasteiger partial charge in [-0.3, -0.25) is 10.1 Å². The summed E-state index contributed by atoms with van der Waals surface area (Å²) < 4.78 is -0.547. The third-order valence-electron chi connectivity index (χ3n) is 6.13. The predicted octanol–water partition coefficient (Wildman–Crippen LogP) is 5.86. The first-order chi connectivity index (χ1) is 18.5. The third kappa shape index (κ3) is 6.49. The number of hydrogen-bond donors (Lipinski definition) is 3. The van der Waals surface area contributed by atoms with Gasteiger partial charge in [-0.05, 0) is 53.2 Å². The number of carboxylic acids is 1. The van der Waals surface area contributed by atoms with Crippen molar-refractivity contribution in [2.45, 2.75) is 17.2 Å². The summed E-state index contributed by atoms with van der Waals surface area (Å²) >= 11 is 6.94. The van der Waals surface area contributed by atoms with Gasteiger partial charge in [0.2, 0.25) is 0 Å². The van der Waals surface area contributed by atoms with Crippen molar-refractivity contribution in [3.8, 4) is 0 Å². The third-order valence-corrected chi connectivity index (χ3v) is 7.93. The van der Waals surface area contributed by atoms with E-state index in [4.69, 9.17) is 12.2 Å². The number of thiocarbonyl (C=S) groups is 1. The van der Waals surface area contributed by atoms with E-state index in [-0.39, 0.29) is 11.5 Å². The van der Waals surface area contributed by atoms with Crippen LogP contribution in [0.1, 0.15) is 33.5 Å². The Balaban J connectivity index is 1.55. The number of carbonyl (C=O) groups is 2. The van der Waals surface area contributed by atoms with E-state index in [9.17, 15) is 14.7 Å². The topological polar surface area (TPSA) is 78.4 Å². The van der Waals surface area contributed by atoms with E-state index >= 15 is 0 Å². The number of carboxylic acid groups (broad SMARTS) is 1. The van der Waals surface area contributed by atoms with Crippen molar-refractivity contribution in [2.75, 3.05) is 5.75 Å². The van der Waals surface area contributed by atoms with Gasteiger partial charge in [-0.2, -0.15) is 0 Å². The second-order valence-electron chi connectivity index (χ2n) is 8.60. The molecule has 0 spiro atoms. The van der Waals surface area contributed by atoms with E-state index in [0.717, 1.165) is 16.7 Å². The molecule has 0 unspecified atom stereocenters. The highest BCUT2D eigenvalue weighted by molar-refractivity contribution is 8.00. The molecular formula is C31H28N2O3S2. The van der Waals surface area contributed by atoms with Gasteiger partial charge in [-0.1, -0.05) is 109 Å². The van der Waals surface area contributed by atoms with Crippen LogP contribution in [0.5, 0.6) is 0 Å². The molecule has 192 valence electrons. The molecule has 0 heterocycles. The number of nitrogens with one attached hydrogen (secondary N) is 2. The summed E-state index contributed by atoms with van der Waals surface area (Å²) in [4.78, 5) is 24.5. The van der Waals surface area contributed by atoms with Crippen LogP contribution in [0.25, 0.3) is 0 Å². The minimum Gasteiger partial charge on any atom is -0.480 e. The number of rotatable bonds is 10. The summed E-state index contributed by atoms with van der Waals surface area (Å²) in [7, 11) is 0. The summed E-state index contributed by atoms with van der Waals surface area (Å²) in [5.41, 5.74) is 3.76. The Labute approximate surface area is 232 Å². The Morgan fingerprint density at radius 1 is 0.737 bits per heavy atom. The van der Waals surface area contributed by atoms with Gasteiger partial charge in [0.15, 0.2) is 5.11 Å². The maximum absolute atomic E-state index is 12.4. The summed E-state index contributed by atoms with van der Waals surface area (Å²) in [5, 5.41) is 15.3. The van der Waals surface area contributed by atoms with Gasteiger partial charge in [-0.15, -0.1) is 11.8 Å². The van der Waals surface area contributed by atoms with Crippen LogP contribution in [0, 0.1) is 0 Å². The van der Waals surface area contributed by atoms with Crippen LogP contribution in [0.4, 0.5) is 0 Å². The molecule has 0 saturated carbocycles. The second-order valence-corrected chi connectivity index (χ2v) is 10.3. The Bertz CT molecular complexity index is 1250. The Morgan fingerprint density at radius 3 is 1.58 bits per heavy atom. The van der Waals surface area contributed by atoms with Crippen molar-refractivity contribution < 1.29 is 14.7 Å². The Morgan fingerprint density at radius 2 is 1.16 bits per heavy atom. The molecule has 3 N–H and O–H groups in total. The van der Waals surface area contributed by atoms with Crippen molar-refractivity contribution in [1.29, 1.82) is 0 Å². The molecule has 0 aliphatic rings. The maximum atomic E-state index is 12.4. The van der Waals surface area contributed by atoms with Crippen LogP contribution >= 0.6 is 24.0 Å². The number of amides is 1. The highest BCUT2D eigenvalue weighted by Crippen LogP contribution is 2.48. The standard InChI is InChI=1S/C31H28N2O3S2/c34-28(23-13-5-1-6-14-23)33-30(37)32-27(29(35)36)21-22-38-31(24-15-7-2-8-16-24,25-17-9-3-10-18-25)26-19-11-4-12-20-26/h1-20,27H,21-22H2,(H,35,36)(H2,32,33,34,37)/t27-/m0/s1. The van der Waals surface area contributed by atoms with E-state index < -0.39 is 22.7 Å². The van der Waals surface area contributed by atoms with Gasteiger partial charge >= 0.3 is 5.97 Å². The van der Waals surface area contributed by atoms with Crippen molar-refractivity contribution >= 4 is 41.0 Å². The minimum absolute atomic E-state index is 0.0169. The highest BCUT2D eigenvalue weighted by Gasteiger charge is 2.37. The van der Waals surface area contributed by atoms with Crippen molar-refractivity contribution in [1.82, 2.24) is 10.6 Å². The molecule has 4 aromatic carbocycles. The highest BCUT2D eigenvalue weighted by atomic mass is 32.2. The molecular weight excluding hydrogens is 512 g/mol. The molecule has 7 heteroatoms. The summed E-state index contributed by atoms with van der Waals surface area (Å²) in [6, 6.07) is 38.4. The number of benzene rings is 4. The van der Waals surface area contributed by atoms with Crippen molar-refractivity contribution in [3.05, 3.63) is 144 Å². The van der Waals surface area contributed by atoms with E-state index in [1.807, 2.05) is 60.7 Å². The van der Waals surface area contributed by atoms with Crippen LogP contribution in [0.2, 0.25) is 0 Å². The molecule has 38 heavy (non-hydrogen) atoms. The smallest absolute Gasteiger partial charge is 0.326 e. The van der Waals surface area contributed by atoms with Crippen molar-refractivity contribution in [2.24, 2.45) is 0 Å². The van der Waals surface area contributed by atoms with Crippen LogP contribution < -0.4 is 10.6 Å². The molecule has 0 saturated heterocycles. The lowest BCUT2D eigenvalue weighted by molar-refractivity contribution is -0.139. The van der Waals surface area contributed by atoms with Gasteiger partial charge in [0.25, 0.3) is 5.91 Å². The van der Waals surface area contributed by atoms with Gasteiger partial charge in [-0.25, -0.2) is 4.79 Å². The number of thioether (sulfide) groups is 1. The van der Waals surface area contributed by atoms with Crippen molar-refractivity contribution in [3.63, 3.8) is 0 Å². The van der Waals surface area contributed by atoms with Gasteiger partial charge < -0.3 is 10.4 Å². The zero-order valence-corrected chi connectivity index (χ0v) is 22.3. The monoisotopic (exact) mass is 540 g/mol. The zero-order chi connectivity index (χ0) is 26.8. The SMILES string of the molecule is O=C(NC(=S)N[C@@H](CCSC(c1ccccc1)(c1ccccc1)c1ccccc1)C(=O)O)c1ccccc1. The van der Waals surface area contributed by atoms with Gasteiger partial charge in [0.1, 0.15) is 6.04 Å². The minimum atomic E-state index is -1.04. The van der Waals surface area contributed by atoms with Crippen LogP contribution in [0.3, 0.4) is 0 Å². The molecule has 0 bridgehead atoms. The van der Waals surface area contributed by atoms with Gasteiger partial charge in [0, 0.05) is 5.56 Å².